The Morgan fingerprint density at radius 2 is 0.962 bits per heavy atom. The minimum atomic E-state index is 0.531. The molecule has 9 rings (SSSR count). The lowest BCUT2D eigenvalue weighted by molar-refractivity contribution is 1.06. The smallest absolute Gasteiger partial charge is 0.187 e. The highest BCUT2D eigenvalue weighted by molar-refractivity contribution is 6.25. The van der Waals surface area contributed by atoms with Gasteiger partial charge in [0.15, 0.2) is 5.69 Å². The number of benzene rings is 9. The van der Waals surface area contributed by atoms with Crippen LogP contribution in [0.25, 0.3) is 81.3 Å². The number of nitrogens with two attached hydrogens (primary N) is 1. The average Bonchev–Trinajstić information content (AvgIpc) is 3.22. The van der Waals surface area contributed by atoms with Gasteiger partial charge in [-0.2, -0.15) is 0 Å². The molecule has 0 aliphatic carbocycles. The highest BCUT2D eigenvalue weighted by atomic mass is 14.8. The minimum absolute atomic E-state index is 0.531. The van der Waals surface area contributed by atoms with Crippen molar-refractivity contribution in [3.8, 4) is 33.4 Å². The lowest BCUT2D eigenvalue weighted by Crippen LogP contribution is -2.13. The van der Waals surface area contributed by atoms with E-state index in [2.05, 4.69) is 138 Å². The summed E-state index contributed by atoms with van der Waals surface area (Å²) in [7, 11) is 0. The van der Waals surface area contributed by atoms with Crippen molar-refractivity contribution in [3.63, 3.8) is 0 Å². The second kappa shape index (κ2) is 13.0. The van der Waals surface area contributed by atoms with Gasteiger partial charge in [0.25, 0.3) is 0 Å². The van der Waals surface area contributed by atoms with Gasteiger partial charge in [-0.15, -0.1) is 0 Å². The molecule has 0 heterocycles. The predicted octanol–water partition coefficient (Wildman–Crippen LogP) is 12.8. The van der Waals surface area contributed by atoms with E-state index in [0.717, 1.165) is 33.4 Å². The van der Waals surface area contributed by atoms with E-state index in [0.29, 0.717) is 18.1 Å². The first-order chi connectivity index (χ1) is 25.7. The van der Waals surface area contributed by atoms with Gasteiger partial charge in [0, 0.05) is 5.56 Å². The van der Waals surface area contributed by atoms with E-state index in [9.17, 15) is 0 Å². The summed E-state index contributed by atoms with van der Waals surface area (Å²) in [6.07, 6.45) is 0. The van der Waals surface area contributed by atoms with Crippen LogP contribution in [0, 0.1) is 6.57 Å². The summed E-state index contributed by atoms with van der Waals surface area (Å²) in [6.45, 7) is 8.16. The molecule has 0 aliphatic heterocycles. The van der Waals surface area contributed by atoms with Gasteiger partial charge >= 0.3 is 0 Å². The molecular formula is C49H33N3. The largest absolute Gasteiger partial charge is 0.383 e. The van der Waals surface area contributed by atoms with Crippen molar-refractivity contribution in [2.45, 2.75) is 6.54 Å². The third-order valence-electron chi connectivity index (χ3n) is 10.1. The van der Waals surface area contributed by atoms with Crippen LogP contribution in [0.1, 0.15) is 11.1 Å². The maximum atomic E-state index is 7.61. The monoisotopic (exact) mass is 663 g/mol. The fourth-order valence-corrected chi connectivity index (χ4v) is 7.64. The fraction of sp³-hybridized carbons (Fsp3) is 0.0204. The fourth-order valence-electron chi connectivity index (χ4n) is 7.64. The highest BCUT2D eigenvalue weighted by Crippen LogP contribution is 2.44. The molecule has 0 saturated heterocycles. The third-order valence-corrected chi connectivity index (χ3v) is 10.1. The Morgan fingerprint density at radius 3 is 1.63 bits per heavy atom. The molecule has 52 heavy (non-hydrogen) atoms. The van der Waals surface area contributed by atoms with Gasteiger partial charge in [-0.25, -0.2) is 4.85 Å². The number of rotatable bonds is 6. The minimum Gasteiger partial charge on any atom is -0.383 e. The summed E-state index contributed by atoms with van der Waals surface area (Å²) in [6, 6.07) is 61.8. The maximum absolute atomic E-state index is 7.61. The van der Waals surface area contributed by atoms with Crippen molar-refractivity contribution in [2.75, 3.05) is 0 Å². The Morgan fingerprint density at radius 1 is 0.442 bits per heavy atom. The quantitative estimate of drug-likeness (QED) is 0.0818. The van der Waals surface area contributed by atoms with E-state index in [-0.39, 0.29) is 0 Å². The van der Waals surface area contributed by atoms with Gasteiger partial charge in [0.2, 0.25) is 0 Å². The van der Waals surface area contributed by atoms with Gasteiger partial charge in [0.1, 0.15) is 5.84 Å². The van der Waals surface area contributed by atoms with Gasteiger partial charge in [-0.1, -0.05) is 152 Å². The van der Waals surface area contributed by atoms with Crippen LogP contribution < -0.4 is 5.73 Å². The van der Waals surface area contributed by atoms with Crippen LogP contribution in [-0.4, -0.2) is 5.84 Å². The maximum Gasteiger partial charge on any atom is 0.187 e. The van der Waals surface area contributed by atoms with Crippen molar-refractivity contribution >= 4 is 54.6 Å². The molecule has 0 aromatic heterocycles. The molecule has 0 bridgehead atoms. The number of fused-ring (bicyclic) bond motifs is 6. The van der Waals surface area contributed by atoms with Gasteiger partial charge < -0.3 is 5.73 Å². The zero-order valence-electron chi connectivity index (χ0n) is 28.4. The molecule has 0 atom stereocenters. The molecule has 3 nitrogen and oxygen atoms in total. The molecule has 0 aliphatic rings. The Kier molecular flexibility index (Phi) is 7.76. The van der Waals surface area contributed by atoms with Crippen molar-refractivity contribution in [2.24, 2.45) is 10.7 Å². The first-order valence-corrected chi connectivity index (χ1v) is 17.5. The predicted molar refractivity (Wildman–Crippen MR) is 220 cm³/mol. The normalized spacial score (nSPS) is 11.7. The molecule has 9 aromatic rings. The first-order valence-electron chi connectivity index (χ1n) is 17.5. The first kappa shape index (κ1) is 31.0. The summed E-state index contributed by atoms with van der Waals surface area (Å²) >= 11 is 0. The number of aliphatic imine (C=N–C) groups is 1. The summed E-state index contributed by atoms with van der Waals surface area (Å²) < 4.78 is 0. The van der Waals surface area contributed by atoms with Crippen molar-refractivity contribution in [1.82, 2.24) is 0 Å². The Bertz CT molecular complexity index is 2900. The zero-order chi connectivity index (χ0) is 35.0. The summed E-state index contributed by atoms with van der Waals surface area (Å²) in [5, 5.41) is 9.55. The molecule has 0 radical (unpaired) electrons. The van der Waals surface area contributed by atoms with E-state index in [1.807, 2.05) is 42.5 Å². The molecule has 244 valence electrons. The molecule has 0 saturated carbocycles. The van der Waals surface area contributed by atoms with Crippen LogP contribution in [0.15, 0.2) is 181 Å². The molecule has 0 unspecified atom stereocenters. The molecule has 0 spiro atoms. The SMILES string of the molecule is [C-]#[N+]c1cccc(-c2cc3c4ccccc4c(-c4ccc(-c5cccc(C(N)=NCc6ccccc6)c5)c5ccccc45)cc3c3ccccc23)c1. The van der Waals surface area contributed by atoms with E-state index < -0.39 is 0 Å². The van der Waals surface area contributed by atoms with Gasteiger partial charge in [-0.3, -0.25) is 4.99 Å². The molecular weight excluding hydrogens is 631 g/mol. The van der Waals surface area contributed by atoms with Crippen LogP contribution in [0.5, 0.6) is 0 Å². The second-order valence-electron chi connectivity index (χ2n) is 13.2. The average molecular weight is 664 g/mol. The van der Waals surface area contributed by atoms with Gasteiger partial charge in [0.05, 0.1) is 13.1 Å². The van der Waals surface area contributed by atoms with Gasteiger partial charge in [-0.05, 0) is 106 Å². The number of hydrogen-bond donors (Lipinski definition) is 1. The van der Waals surface area contributed by atoms with E-state index in [1.165, 1.54) is 54.2 Å². The molecule has 9 aromatic carbocycles. The van der Waals surface area contributed by atoms with Crippen molar-refractivity contribution < 1.29 is 0 Å². The third kappa shape index (κ3) is 5.44. The summed E-state index contributed by atoms with van der Waals surface area (Å²) in [5.41, 5.74) is 16.0. The summed E-state index contributed by atoms with van der Waals surface area (Å²) in [4.78, 5) is 8.42. The lowest BCUT2D eigenvalue weighted by Gasteiger charge is -2.18. The number of nitrogens with zero attached hydrogens (tertiary/aromatic N) is 2. The van der Waals surface area contributed by atoms with Crippen LogP contribution in [0.2, 0.25) is 0 Å². The molecule has 3 heteroatoms. The molecule has 0 amide bonds. The summed E-state index contributed by atoms with van der Waals surface area (Å²) in [5.74, 6) is 0.531. The lowest BCUT2D eigenvalue weighted by atomic mass is 9.85. The Labute approximate surface area is 302 Å². The topological polar surface area (TPSA) is 42.7 Å². The van der Waals surface area contributed by atoms with E-state index in [1.54, 1.807) is 0 Å². The van der Waals surface area contributed by atoms with Crippen LogP contribution in [0.3, 0.4) is 0 Å². The van der Waals surface area contributed by atoms with E-state index >= 15 is 0 Å². The number of amidine groups is 1. The van der Waals surface area contributed by atoms with Crippen LogP contribution >= 0.6 is 0 Å². The van der Waals surface area contributed by atoms with Crippen LogP contribution in [0.4, 0.5) is 5.69 Å². The van der Waals surface area contributed by atoms with Crippen molar-refractivity contribution in [1.29, 1.82) is 0 Å². The van der Waals surface area contributed by atoms with E-state index in [4.69, 9.17) is 17.3 Å². The standard InChI is InChI=1S/C49H33N3/c1-51-36-18-12-16-34(28-36)45-29-47-43-24-10-9-23-42(43)46(30-48(47)41-22-8-7-21-40(41)45)44-26-25-37(38-19-5-6-20-39(38)44)33-15-11-17-35(27-33)49(50)52-31-32-13-3-2-4-14-32/h2-30H,31H2,(H2,50,52). The highest BCUT2D eigenvalue weighted by Gasteiger charge is 2.17. The molecule has 2 N–H and O–H groups in total. The van der Waals surface area contributed by atoms with Crippen molar-refractivity contribution in [3.05, 3.63) is 198 Å². The second-order valence-corrected chi connectivity index (χ2v) is 13.2. The van der Waals surface area contributed by atoms with Crippen LogP contribution in [-0.2, 0) is 6.54 Å². The molecule has 0 fully saturated rings. The Balaban J connectivity index is 1.22. The number of hydrogen-bond acceptors (Lipinski definition) is 1. The Hall–Kier alpha value is -7.02. The zero-order valence-corrected chi connectivity index (χ0v) is 28.4.